The second-order valence-electron chi connectivity index (χ2n) is 10.6. The van der Waals surface area contributed by atoms with E-state index in [-0.39, 0.29) is 28.6 Å². The van der Waals surface area contributed by atoms with E-state index in [1.54, 1.807) is 26.4 Å². The van der Waals surface area contributed by atoms with E-state index in [9.17, 15) is 19.8 Å². The minimum Gasteiger partial charge on any atom is -0.878 e. The molecule has 0 amide bonds. The van der Waals surface area contributed by atoms with Crippen LogP contribution in [0.4, 0.5) is 0 Å². The summed E-state index contributed by atoms with van der Waals surface area (Å²) in [6, 6.07) is 11.8. The number of methoxy groups -OCH3 is 2. The van der Waals surface area contributed by atoms with Gasteiger partial charge >= 0.3 is 17.1 Å². The van der Waals surface area contributed by atoms with E-state index in [1.807, 2.05) is 50.2 Å². The number of rotatable bonds is 2. The maximum atomic E-state index is 11.9. The molecular formula is C32H30CuO6. The topological polar surface area (TPSA) is 98.7 Å². The summed E-state index contributed by atoms with van der Waals surface area (Å²) in [5.41, 5.74) is 6.41. The van der Waals surface area contributed by atoms with Crippen molar-refractivity contribution in [3.8, 4) is 11.5 Å². The smallest absolute Gasteiger partial charge is 0.878 e. The number of ether oxygens (including phenoxy) is 2. The first-order chi connectivity index (χ1) is 18.2. The molecule has 0 N–H and O–H groups in total. The van der Waals surface area contributed by atoms with Crippen molar-refractivity contribution in [2.24, 2.45) is 10.8 Å². The Hall–Kier alpha value is -3.54. The van der Waals surface area contributed by atoms with E-state index in [2.05, 4.69) is 0 Å². The molecule has 2 aromatic rings. The second kappa shape index (κ2) is 10.6. The third kappa shape index (κ3) is 4.44. The van der Waals surface area contributed by atoms with E-state index in [1.165, 1.54) is 11.1 Å². The molecule has 2 unspecified atom stereocenters. The SMILES string of the molecule is COc1ccc2c(c1)CCC1(C)C2=CC(=O)/C1=C\[O-].COc1ccc2c(c1)CCC1(C)C2=CC(=O)/C1=C\[O-].[Cu+2]. The Balaban J connectivity index is 0.000000176. The van der Waals surface area contributed by atoms with Crippen molar-refractivity contribution in [2.45, 2.75) is 39.5 Å². The molecular weight excluding hydrogens is 544 g/mol. The first-order valence-electron chi connectivity index (χ1n) is 12.7. The van der Waals surface area contributed by atoms with Gasteiger partial charge in [-0.2, -0.15) is 0 Å². The second-order valence-corrected chi connectivity index (χ2v) is 10.6. The summed E-state index contributed by atoms with van der Waals surface area (Å²) in [7, 11) is 3.29. The third-order valence-electron chi connectivity index (χ3n) is 8.69. The van der Waals surface area contributed by atoms with Crippen LogP contribution in [0.2, 0.25) is 0 Å². The Morgan fingerprint density at radius 1 is 0.718 bits per heavy atom. The number of aryl methyl sites for hydroxylation is 2. The number of carbonyl (C=O) groups excluding carboxylic acids is 2. The Kier molecular flexibility index (Phi) is 7.70. The van der Waals surface area contributed by atoms with Crippen molar-refractivity contribution < 1.29 is 46.3 Å². The van der Waals surface area contributed by atoms with Gasteiger partial charge in [-0.05, 0) is 107 Å². The van der Waals surface area contributed by atoms with Crippen molar-refractivity contribution in [3.05, 3.63) is 94.5 Å². The van der Waals surface area contributed by atoms with Crippen LogP contribution in [-0.4, -0.2) is 25.8 Å². The molecule has 6 rings (SSSR count). The third-order valence-corrected chi connectivity index (χ3v) is 8.69. The molecule has 0 aromatic heterocycles. The molecule has 6 nitrogen and oxygen atoms in total. The van der Waals surface area contributed by atoms with Crippen LogP contribution in [-0.2, 0) is 39.5 Å². The monoisotopic (exact) mass is 573 g/mol. The van der Waals surface area contributed by atoms with E-state index < -0.39 is 10.8 Å². The molecule has 0 saturated carbocycles. The summed E-state index contributed by atoms with van der Waals surface area (Å²) in [4.78, 5) is 23.9. The first kappa shape index (κ1) is 28.5. The molecule has 4 aliphatic rings. The Bertz CT molecular complexity index is 1370. The van der Waals surface area contributed by atoms with Crippen LogP contribution in [0.25, 0.3) is 11.1 Å². The van der Waals surface area contributed by atoms with Gasteiger partial charge in [0.25, 0.3) is 0 Å². The van der Waals surface area contributed by atoms with Crippen LogP contribution in [0.1, 0.15) is 48.9 Å². The number of allylic oxidation sites excluding steroid dienone is 6. The minimum atomic E-state index is -0.416. The quantitative estimate of drug-likeness (QED) is 0.308. The van der Waals surface area contributed by atoms with Gasteiger partial charge in [-0.25, -0.2) is 0 Å². The van der Waals surface area contributed by atoms with Crippen molar-refractivity contribution in [1.82, 2.24) is 0 Å². The predicted molar refractivity (Wildman–Crippen MR) is 141 cm³/mol. The molecule has 1 radical (unpaired) electrons. The maximum absolute atomic E-state index is 11.9. The Morgan fingerprint density at radius 2 is 1.10 bits per heavy atom. The van der Waals surface area contributed by atoms with Crippen molar-refractivity contribution >= 4 is 22.7 Å². The van der Waals surface area contributed by atoms with Crippen molar-refractivity contribution in [1.29, 1.82) is 0 Å². The van der Waals surface area contributed by atoms with Crippen molar-refractivity contribution in [3.63, 3.8) is 0 Å². The van der Waals surface area contributed by atoms with Crippen LogP contribution >= 0.6 is 0 Å². The molecule has 205 valence electrons. The van der Waals surface area contributed by atoms with Crippen LogP contribution in [0, 0.1) is 10.8 Å². The molecule has 0 aliphatic heterocycles. The van der Waals surface area contributed by atoms with E-state index in [4.69, 9.17) is 9.47 Å². The molecule has 7 heteroatoms. The van der Waals surface area contributed by atoms with Gasteiger partial charge in [0.2, 0.25) is 0 Å². The van der Waals surface area contributed by atoms with Crippen LogP contribution in [0.5, 0.6) is 11.5 Å². The largest absolute Gasteiger partial charge is 2.00 e. The average Bonchev–Trinajstić information content (AvgIpc) is 3.35. The summed E-state index contributed by atoms with van der Waals surface area (Å²) in [5.74, 6) is 1.37. The van der Waals surface area contributed by atoms with Crippen LogP contribution < -0.4 is 19.7 Å². The molecule has 0 bridgehead atoms. The summed E-state index contributed by atoms with van der Waals surface area (Å²) >= 11 is 0. The molecule has 2 aromatic carbocycles. The molecule has 0 saturated heterocycles. The van der Waals surface area contributed by atoms with Gasteiger partial charge in [-0.1, -0.05) is 26.0 Å². The fourth-order valence-corrected chi connectivity index (χ4v) is 6.34. The Morgan fingerprint density at radius 3 is 1.44 bits per heavy atom. The zero-order valence-corrected chi connectivity index (χ0v) is 23.3. The van der Waals surface area contributed by atoms with Crippen LogP contribution in [0.3, 0.4) is 0 Å². The van der Waals surface area contributed by atoms with Gasteiger partial charge in [-0.3, -0.25) is 9.59 Å². The first-order valence-corrected chi connectivity index (χ1v) is 12.7. The maximum Gasteiger partial charge on any atom is 2.00 e. The van der Waals surface area contributed by atoms with Gasteiger partial charge in [0, 0.05) is 10.8 Å². The minimum absolute atomic E-state index is 0. The van der Waals surface area contributed by atoms with E-state index in [0.717, 1.165) is 72.0 Å². The number of carbonyl (C=O) groups is 2. The van der Waals surface area contributed by atoms with E-state index >= 15 is 0 Å². The van der Waals surface area contributed by atoms with E-state index in [0.29, 0.717) is 11.1 Å². The van der Waals surface area contributed by atoms with Gasteiger partial charge in [0.15, 0.2) is 11.6 Å². The van der Waals surface area contributed by atoms with Gasteiger partial charge < -0.3 is 19.7 Å². The molecule has 0 spiro atoms. The zero-order valence-electron chi connectivity index (χ0n) is 22.4. The number of hydrogen-bond acceptors (Lipinski definition) is 6. The number of fused-ring (bicyclic) bond motifs is 6. The molecule has 39 heavy (non-hydrogen) atoms. The molecule has 0 fully saturated rings. The number of benzene rings is 2. The average molecular weight is 574 g/mol. The molecule has 4 aliphatic carbocycles. The number of ketones is 2. The van der Waals surface area contributed by atoms with Crippen molar-refractivity contribution in [2.75, 3.05) is 14.2 Å². The standard InChI is InChI=1S/2C16H16O3.Cu/c2*1-16-6-5-10-7-11(19-2)3-4-12(10)13(16)8-15(18)14(16)9-17;/h2*3-4,7-9,17H,5-6H2,1-2H3;/q;;+2/p-2/b2*14-9+;. The molecule has 0 heterocycles. The van der Waals surface area contributed by atoms with Gasteiger partial charge in [-0.15, -0.1) is 12.5 Å². The fourth-order valence-electron chi connectivity index (χ4n) is 6.34. The normalized spacial score (nSPS) is 26.3. The zero-order chi connectivity index (χ0) is 27.2. The fraction of sp³-hybridized carbons (Fsp3) is 0.312. The Labute approximate surface area is 239 Å². The predicted octanol–water partition coefficient (Wildman–Crippen LogP) is 3.71. The number of hydrogen-bond donors (Lipinski definition) is 0. The summed E-state index contributed by atoms with van der Waals surface area (Å²) < 4.78 is 10.5. The summed E-state index contributed by atoms with van der Waals surface area (Å²) in [6.07, 6.45) is 7.97. The summed E-state index contributed by atoms with van der Waals surface area (Å²) in [6.45, 7) is 3.97. The van der Waals surface area contributed by atoms with Gasteiger partial charge in [0.1, 0.15) is 11.5 Å². The molecule has 2 atom stereocenters. The van der Waals surface area contributed by atoms with Crippen LogP contribution in [0.15, 0.2) is 72.2 Å². The summed E-state index contributed by atoms with van der Waals surface area (Å²) in [5, 5.41) is 22.4. The van der Waals surface area contributed by atoms with Gasteiger partial charge in [0.05, 0.1) is 14.2 Å².